The highest BCUT2D eigenvalue weighted by Gasteiger charge is 2.32. The van der Waals surface area contributed by atoms with Crippen LogP contribution in [0.25, 0.3) is 22.2 Å². The number of fused-ring (bicyclic) bond motifs is 1. The van der Waals surface area contributed by atoms with Gasteiger partial charge < -0.3 is 11.5 Å². The average molecular weight is 521 g/mol. The first-order valence-corrected chi connectivity index (χ1v) is 11.9. The van der Waals surface area contributed by atoms with E-state index < -0.39 is 23.5 Å². The quantitative estimate of drug-likeness (QED) is 0.216. The van der Waals surface area contributed by atoms with Crippen LogP contribution in [-0.4, -0.2) is 19.7 Å². The van der Waals surface area contributed by atoms with Crippen molar-refractivity contribution in [1.82, 2.24) is 19.7 Å². The van der Waals surface area contributed by atoms with Crippen molar-refractivity contribution < 1.29 is 17.6 Å². The zero-order valence-corrected chi connectivity index (χ0v) is 20.6. The summed E-state index contributed by atoms with van der Waals surface area (Å²) in [6.45, 7) is 1.95. The minimum Gasteiger partial charge on any atom is -0.399 e. The molecule has 0 fully saturated rings. The number of pyridine rings is 1. The summed E-state index contributed by atoms with van der Waals surface area (Å²) in [6, 6.07) is 16.6. The van der Waals surface area contributed by atoms with Crippen molar-refractivity contribution in [3.05, 3.63) is 101 Å². The minimum absolute atomic E-state index is 0.0728. The molecule has 2 heterocycles. The SMILES string of the molecule is CCc1ccc(F)c(C(c2cc3cc(N)ccc3c(N)n2)c2nc(-c3cccc(C(F)(F)F)c3)nn2C)c1. The van der Waals surface area contributed by atoms with Gasteiger partial charge in [-0.2, -0.15) is 18.3 Å². The molecular weight excluding hydrogens is 496 g/mol. The fourth-order valence-electron chi connectivity index (χ4n) is 4.54. The van der Waals surface area contributed by atoms with Gasteiger partial charge in [0.05, 0.1) is 17.2 Å². The number of benzene rings is 3. The maximum absolute atomic E-state index is 15.4. The van der Waals surface area contributed by atoms with Crippen LogP contribution in [0.15, 0.2) is 66.7 Å². The van der Waals surface area contributed by atoms with Crippen LogP contribution in [0.4, 0.5) is 29.1 Å². The third-order valence-electron chi connectivity index (χ3n) is 6.48. The van der Waals surface area contributed by atoms with Crippen molar-refractivity contribution in [2.45, 2.75) is 25.4 Å². The van der Waals surface area contributed by atoms with Crippen LogP contribution in [0.1, 0.15) is 41.1 Å². The molecule has 4 N–H and O–H groups in total. The highest BCUT2D eigenvalue weighted by Crippen LogP contribution is 2.37. The number of nitrogens with zero attached hydrogens (tertiary/aromatic N) is 4. The molecule has 0 amide bonds. The Balaban J connectivity index is 1.73. The Morgan fingerprint density at radius 1 is 0.947 bits per heavy atom. The molecule has 1 atom stereocenters. The van der Waals surface area contributed by atoms with Crippen LogP contribution >= 0.6 is 0 Å². The lowest BCUT2D eigenvalue weighted by molar-refractivity contribution is -0.137. The van der Waals surface area contributed by atoms with Gasteiger partial charge in [-0.25, -0.2) is 14.4 Å². The lowest BCUT2D eigenvalue weighted by atomic mass is 9.91. The summed E-state index contributed by atoms with van der Waals surface area (Å²) in [5.74, 6) is -0.742. The predicted molar refractivity (Wildman–Crippen MR) is 139 cm³/mol. The van der Waals surface area contributed by atoms with Gasteiger partial charge in [0.25, 0.3) is 0 Å². The predicted octanol–water partition coefficient (Wildman–Crippen LogP) is 6.10. The van der Waals surface area contributed by atoms with Crippen LogP contribution in [0, 0.1) is 5.82 Å². The van der Waals surface area contributed by atoms with E-state index in [9.17, 15) is 13.2 Å². The molecule has 0 saturated heterocycles. The van der Waals surface area contributed by atoms with Gasteiger partial charge in [0.1, 0.15) is 17.5 Å². The maximum Gasteiger partial charge on any atom is 0.416 e. The third kappa shape index (κ3) is 4.65. The lowest BCUT2D eigenvalue weighted by Gasteiger charge is -2.19. The number of hydrogen-bond donors (Lipinski definition) is 2. The van der Waals surface area contributed by atoms with E-state index in [0.29, 0.717) is 40.0 Å². The Bertz CT molecular complexity index is 1660. The van der Waals surface area contributed by atoms with E-state index in [2.05, 4.69) is 15.1 Å². The summed E-state index contributed by atoms with van der Waals surface area (Å²) in [6.07, 6.45) is -3.85. The third-order valence-corrected chi connectivity index (χ3v) is 6.48. The molecule has 3 aromatic carbocycles. The molecule has 1 unspecified atom stereocenters. The normalized spacial score (nSPS) is 12.7. The van der Waals surface area contributed by atoms with Crippen molar-refractivity contribution in [3.8, 4) is 11.4 Å². The molecule has 5 rings (SSSR count). The fourth-order valence-corrected chi connectivity index (χ4v) is 4.54. The van der Waals surface area contributed by atoms with E-state index in [-0.39, 0.29) is 17.2 Å². The van der Waals surface area contributed by atoms with Crippen LogP contribution in [0.5, 0.6) is 0 Å². The van der Waals surface area contributed by atoms with Gasteiger partial charge in [0.15, 0.2) is 5.82 Å². The molecule has 0 saturated carbocycles. The smallest absolute Gasteiger partial charge is 0.399 e. The number of rotatable bonds is 5. The molecule has 0 aliphatic carbocycles. The Kier molecular flexibility index (Phi) is 6.26. The summed E-state index contributed by atoms with van der Waals surface area (Å²) >= 11 is 0. The van der Waals surface area contributed by atoms with E-state index in [1.807, 2.05) is 6.92 Å². The van der Waals surface area contributed by atoms with Crippen molar-refractivity contribution >= 4 is 22.3 Å². The number of aryl methyl sites for hydroxylation is 2. The Hall–Kier alpha value is -4.47. The zero-order valence-electron chi connectivity index (χ0n) is 20.6. The van der Waals surface area contributed by atoms with Crippen LogP contribution in [0.3, 0.4) is 0 Å². The first-order valence-electron chi connectivity index (χ1n) is 11.9. The van der Waals surface area contributed by atoms with Gasteiger partial charge in [-0.05, 0) is 59.8 Å². The van der Waals surface area contributed by atoms with Crippen LogP contribution in [-0.2, 0) is 19.6 Å². The van der Waals surface area contributed by atoms with E-state index in [1.54, 1.807) is 43.4 Å². The summed E-state index contributed by atoms with van der Waals surface area (Å²) < 4.78 is 56.8. The number of halogens is 4. The van der Waals surface area contributed by atoms with E-state index in [4.69, 9.17) is 11.5 Å². The average Bonchev–Trinajstić information content (AvgIpc) is 3.25. The monoisotopic (exact) mass is 520 g/mol. The molecule has 10 heteroatoms. The summed E-state index contributed by atoms with van der Waals surface area (Å²) in [5, 5.41) is 5.78. The topological polar surface area (TPSA) is 95.6 Å². The molecule has 38 heavy (non-hydrogen) atoms. The molecule has 6 nitrogen and oxygen atoms in total. The minimum atomic E-state index is -4.52. The van der Waals surface area contributed by atoms with E-state index >= 15 is 4.39 Å². The number of hydrogen-bond acceptors (Lipinski definition) is 5. The standard InChI is InChI=1S/C28H24F4N6/c1-3-15-7-10-22(29)21(11-15)24(23-14-17-13-19(33)8-9-20(17)25(34)35-23)27-36-26(37-38(27)2)16-5-4-6-18(12-16)28(30,31)32/h4-14,24H,3,33H2,1-2H3,(H2,34,35). The molecule has 194 valence electrons. The zero-order chi connectivity index (χ0) is 27.2. The molecule has 0 spiro atoms. The molecule has 0 bridgehead atoms. The van der Waals surface area contributed by atoms with Crippen LogP contribution < -0.4 is 11.5 Å². The highest BCUT2D eigenvalue weighted by atomic mass is 19.4. The van der Waals surface area contributed by atoms with Gasteiger partial charge in [-0.1, -0.05) is 31.2 Å². The molecule has 5 aromatic rings. The Labute approximate surface area is 215 Å². The Morgan fingerprint density at radius 3 is 2.47 bits per heavy atom. The highest BCUT2D eigenvalue weighted by molar-refractivity contribution is 5.93. The fraction of sp³-hybridized carbons (Fsp3) is 0.179. The number of anilines is 2. The van der Waals surface area contributed by atoms with Gasteiger partial charge >= 0.3 is 6.18 Å². The van der Waals surface area contributed by atoms with Crippen molar-refractivity contribution in [2.24, 2.45) is 7.05 Å². The molecule has 0 radical (unpaired) electrons. The van der Waals surface area contributed by atoms with Crippen molar-refractivity contribution in [3.63, 3.8) is 0 Å². The largest absolute Gasteiger partial charge is 0.416 e. The second-order valence-electron chi connectivity index (χ2n) is 9.05. The van der Waals surface area contributed by atoms with Crippen molar-refractivity contribution in [2.75, 3.05) is 11.5 Å². The van der Waals surface area contributed by atoms with Crippen molar-refractivity contribution in [1.29, 1.82) is 0 Å². The summed E-state index contributed by atoms with van der Waals surface area (Å²) in [5.41, 5.74) is 13.8. The number of aromatic nitrogens is 4. The number of nitrogen functional groups attached to an aromatic ring is 2. The molecule has 0 aliphatic heterocycles. The molecule has 0 aliphatic rings. The summed E-state index contributed by atoms with van der Waals surface area (Å²) in [7, 11) is 1.61. The second-order valence-corrected chi connectivity index (χ2v) is 9.05. The Morgan fingerprint density at radius 2 is 1.74 bits per heavy atom. The maximum atomic E-state index is 15.4. The second kappa shape index (κ2) is 9.44. The summed E-state index contributed by atoms with van der Waals surface area (Å²) in [4.78, 5) is 9.18. The number of alkyl halides is 3. The van der Waals surface area contributed by atoms with Gasteiger partial charge in [-0.15, -0.1) is 0 Å². The van der Waals surface area contributed by atoms with E-state index in [0.717, 1.165) is 17.7 Å². The van der Waals surface area contributed by atoms with Crippen LogP contribution in [0.2, 0.25) is 0 Å². The molecule has 2 aromatic heterocycles. The number of nitrogens with two attached hydrogens (primary N) is 2. The van der Waals surface area contributed by atoms with Gasteiger partial charge in [-0.3, -0.25) is 4.68 Å². The first kappa shape index (κ1) is 25.2. The van der Waals surface area contributed by atoms with E-state index in [1.165, 1.54) is 22.9 Å². The lowest BCUT2D eigenvalue weighted by Crippen LogP contribution is -2.14. The molecular formula is C28H24F4N6. The van der Waals surface area contributed by atoms with Gasteiger partial charge in [0.2, 0.25) is 0 Å². The van der Waals surface area contributed by atoms with Gasteiger partial charge in [0, 0.05) is 29.2 Å². The first-order chi connectivity index (χ1) is 18.0.